The van der Waals surface area contributed by atoms with Crippen LogP contribution in [0.3, 0.4) is 0 Å². The molecular weight excluding hydrogens is 648 g/mol. The van der Waals surface area contributed by atoms with Crippen molar-refractivity contribution in [1.82, 2.24) is 25.0 Å². The molecule has 1 aromatic carbocycles. The molecule has 3 aliphatic rings. The number of esters is 1. The number of hydrogen-bond acceptors (Lipinski definition) is 13. The van der Waals surface area contributed by atoms with Crippen LogP contribution in [-0.2, 0) is 19.0 Å². The van der Waals surface area contributed by atoms with Gasteiger partial charge in [0, 0.05) is 75.3 Å². The summed E-state index contributed by atoms with van der Waals surface area (Å²) in [5.41, 5.74) is 10.1. The zero-order valence-electron chi connectivity index (χ0n) is 30.1. The Hall–Kier alpha value is -4.30. The number of phenolic OH excluding ortho intramolecular Hbond substituents is 1. The smallest absolute Gasteiger partial charge is 0.320 e. The van der Waals surface area contributed by atoms with Gasteiger partial charge in [0.05, 0.1) is 50.0 Å². The highest BCUT2D eigenvalue weighted by atomic mass is 16.6. The van der Waals surface area contributed by atoms with Crippen molar-refractivity contribution in [2.45, 2.75) is 51.3 Å². The number of nitrogens with zero attached hydrogens (tertiary/aromatic N) is 7. The lowest BCUT2D eigenvalue weighted by Gasteiger charge is -2.43. The molecule has 0 aliphatic carbocycles. The van der Waals surface area contributed by atoms with Crippen LogP contribution >= 0.6 is 0 Å². The summed E-state index contributed by atoms with van der Waals surface area (Å²) in [6.45, 7) is 14.3. The molecule has 13 heteroatoms. The van der Waals surface area contributed by atoms with E-state index in [1.807, 2.05) is 57.3 Å². The minimum Gasteiger partial charge on any atom is -0.507 e. The van der Waals surface area contributed by atoms with Gasteiger partial charge in [-0.1, -0.05) is 18.2 Å². The number of ether oxygens (including phenoxy) is 3. The van der Waals surface area contributed by atoms with Crippen LogP contribution in [0.2, 0.25) is 0 Å². The number of phenols is 1. The number of pyridine rings is 1. The average Bonchev–Trinajstić information content (AvgIpc) is 3.37. The highest BCUT2D eigenvalue weighted by Crippen LogP contribution is 2.39. The topological polar surface area (TPSA) is 143 Å². The van der Waals surface area contributed by atoms with Crippen molar-refractivity contribution in [3.63, 3.8) is 0 Å². The Kier molecular flexibility index (Phi) is 12.0. The molecule has 3 aromatic rings. The molecule has 2 atom stereocenters. The van der Waals surface area contributed by atoms with Crippen LogP contribution in [0, 0.1) is 0 Å². The van der Waals surface area contributed by atoms with Gasteiger partial charge in [0.1, 0.15) is 11.4 Å². The fourth-order valence-electron chi connectivity index (χ4n) is 7.14. The highest BCUT2D eigenvalue weighted by Gasteiger charge is 2.40. The van der Waals surface area contributed by atoms with E-state index in [0.717, 1.165) is 70.0 Å². The summed E-state index contributed by atoms with van der Waals surface area (Å²) < 4.78 is 17.0. The quantitative estimate of drug-likeness (QED) is 0.187. The van der Waals surface area contributed by atoms with E-state index in [2.05, 4.69) is 46.9 Å². The standard InChI is InChI=1S/C38H52N8O5/c1-38(2,3)51-36(48)27-44-16-14-43(15-17-44)18-20-50-22-21-49-19-6-7-28-23-29(12-13-40-28)46-30-10-11-31(46)26-45(25-30)34-24-33(41-42-37(34)39)32-8-4-5-9-35(32)47/h4-9,12-13,23-24,30-31,47H,10-11,14-22,25-27H2,1-3H3,(H2,39,42)/b7-6+. The molecule has 2 unspecified atom stereocenters. The fourth-order valence-corrected chi connectivity index (χ4v) is 7.14. The van der Waals surface area contributed by atoms with Gasteiger partial charge in [-0.25, -0.2) is 0 Å². The molecule has 2 bridgehead atoms. The summed E-state index contributed by atoms with van der Waals surface area (Å²) in [6, 6.07) is 14.0. The number of para-hydroxylation sites is 1. The first-order chi connectivity index (χ1) is 24.6. The first-order valence-electron chi connectivity index (χ1n) is 18.0. The van der Waals surface area contributed by atoms with E-state index < -0.39 is 5.60 Å². The largest absolute Gasteiger partial charge is 0.507 e. The van der Waals surface area contributed by atoms with E-state index in [4.69, 9.17) is 19.9 Å². The van der Waals surface area contributed by atoms with Gasteiger partial charge in [0.15, 0.2) is 5.82 Å². The van der Waals surface area contributed by atoms with Crippen molar-refractivity contribution >= 4 is 29.2 Å². The fraction of sp³-hybridized carbons (Fsp3) is 0.526. The summed E-state index contributed by atoms with van der Waals surface area (Å²) in [5.74, 6) is 0.406. The average molecular weight is 701 g/mol. The maximum Gasteiger partial charge on any atom is 0.320 e. The normalized spacial score (nSPS) is 20.0. The van der Waals surface area contributed by atoms with Gasteiger partial charge in [-0.15, -0.1) is 10.2 Å². The Bertz CT molecular complexity index is 1630. The maximum absolute atomic E-state index is 12.1. The molecule has 3 fully saturated rings. The molecule has 13 nitrogen and oxygen atoms in total. The van der Waals surface area contributed by atoms with Crippen LogP contribution < -0.4 is 15.5 Å². The SMILES string of the molecule is CC(C)(C)OC(=O)CN1CCN(CCOCCOC/C=C/c2cc(N3C4CCC3CN(c3cc(-c5ccccc5O)nnc3N)C4)ccn2)CC1. The monoisotopic (exact) mass is 700 g/mol. The van der Waals surface area contributed by atoms with Gasteiger partial charge in [-0.3, -0.25) is 19.6 Å². The van der Waals surface area contributed by atoms with Crippen molar-refractivity contribution in [3.05, 3.63) is 60.4 Å². The number of nitrogens with two attached hydrogens (primary N) is 1. The van der Waals surface area contributed by atoms with E-state index in [1.54, 1.807) is 12.1 Å². The molecule has 3 saturated heterocycles. The van der Waals surface area contributed by atoms with E-state index >= 15 is 0 Å². The number of rotatable bonds is 14. The molecule has 2 aromatic heterocycles. The first-order valence-corrected chi connectivity index (χ1v) is 18.0. The molecule has 0 amide bonds. The second kappa shape index (κ2) is 16.8. The molecule has 3 aliphatic heterocycles. The Balaban J connectivity index is 0.897. The maximum atomic E-state index is 12.1. The Morgan fingerprint density at radius 1 is 0.961 bits per heavy atom. The molecule has 3 N–H and O–H groups in total. The molecule has 274 valence electrons. The zero-order valence-corrected chi connectivity index (χ0v) is 30.1. The van der Waals surface area contributed by atoms with E-state index in [1.165, 1.54) is 5.69 Å². The Morgan fingerprint density at radius 3 is 2.43 bits per heavy atom. The number of aromatic nitrogens is 3. The van der Waals surface area contributed by atoms with Gasteiger partial charge in [0.25, 0.3) is 0 Å². The first kappa shape index (κ1) is 36.5. The van der Waals surface area contributed by atoms with Crippen molar-refractivity contribution < 1.29 is 24.1 Å². The third-order valence-corrected chi connectivity index (χ3v) is 9.53. The van der Waals surface area contributed by atoms with E-state index in [9.17, 15) is 9.90 Å². The number of nitrogen functional groups attached to an aromatic ring is 1. The van der Waals surface area contributed by atoms with Crippen molar-refractivity contribution in [1.29, 1.82) is 0 Å². The summed E-state index contributed by atoms with van der Waals surface area (Å²) in [5, 5.41) is 18.9. The van der Waals surface area contributed by atoms with Crippen LogP contribution in [0.4, 0.5) is 17.2 Å². The highest BCUT2D eigenvalue weighted by molar-refractivity contribution is 5.75. The molecular formula is C38H52N8O5. The van der Waals surface area contributed by atoms with Gasteiger partial charge in [-0.2, -0.15) is 0 Å². The minimum atomic E-state index is -0.447. The van der Waals surface area contributed by atoms with Gasteiger partial charge in [-0.05, 0) is 70.0 Å². The predicted molar refractivity (Wildman–Crippen MR) is 199 cm³/mol. The second-order valence-electron chi connectivity index (χ2n) is 14.4. The third-order valence-electron chi connectivity index (χ3n) is 9.53. The lowest BCUT2D eigenvalue weighted by Crippen LogP contribution is -2.54. The van der Waals surface area contributed by atoms with Crippen LogP contribution in [-0.4, -0.2) is 133 Å². The summed E-state index contributed by atoms with van der Waals surface area (Å²) >= 11 is 0. The lowest BCUT2D eigenvalue weighted by molar-refractivity contribution is -0.156. The second-order valence-corrected chi connectivity index (χ2v) is 14.4. The molecule has 0 radical (unpaired) electrons. The third kappa shape index (κ3) is 9.94. The van der Waals surface area contributed by atoms with E-state index in [0.29, 0.717) is 62.1 Å². The predicted octanol–water partition coefficient (Wildman–Crippen LogP) is 3.69. The van der Waals surface area contributed by atoms with Crippen molar-refractivity contribution in [2.24, 2.45) is 0 Å². The number of hydrogen-bond donors (Lipinski definition) is 2. The minimum absolute atomic E-state index is 0.162. The van der Waals surface area contributed by atoms with Crippen LogP contribution in [0.1, 0.15) is 39.3 Å². The molecule has 0 saturated carbocycles. The molecule has 51 heavy (non-hydrogen) atoms. The van der Waals surface area contributed by atoms with Gasteiger partial charge in [0.2, 0.25) is 0 Å². The number of carbonyl (C=O) groups excluding carboxylic acids is 1. The van der Waals surface area contributed by atoms with Crippen LogP contribution in [0.25, 0.3) is 17.3 Å². The van der Waals surface area contributed by atoms with Gasteiger partial charge >= 0.3 is 5.97 Å². The zero-order chi connectivity index (χ0) is 35.8. The Labute approximate surface area is 301 Å². The summed E-state index contributed by atoms with van der Waals surface area (Å²) in [7, 11) is 0. The number of fused-ring (bicyclic) bond motifs is 2. The van der Waals surface area contributed by atoms with E-state index in [-0.39, 0.29) is 11.7 Å². The molecule has 6 rings (SSSR count). The number of piperazine rings is 2. The number of carbonyl (C=O) groups is 1. The molecule has 0 spiro atoms. The summed E-state index contributed by atoms with van der Waals surface area (Å²) in [6.07, 6.45) is 8.08. The molecule has 5 heterocycles. The number of aromatic hydroxyl groups is 1. The summed E-state index contributed by atoms with van der Waals surface area (Å²) in [4.78, 5) is 26.0. The van der Waals surface area contributed by atoms with Crippen LogP contribution in [0.15, 0.2) is 54.7 Å². The van der Waals surface area contributed by atoms with Crippen molar-refractivity contribution in [2.75, 3.05) is 94.3 Å². The number of benzene rings is 1. The van der Waals surface area contributed by atoms with Crippen molar-refractivity contribution in [3.8, 4) is 17.0 Å². The number of anilines is 3. The lowest BCUT2D eigenvalue weighted by atomic mass is 10.1. The Morgan fingerprint density at radius 2 is 1.69 bits per heavy atom. The van der Waals surface area contributed by atoms with Crippen LogP contribution in [0.5, 0.6) is 5.75 Å². The van der Waals surface area contributed by atoms with Gasteiger partial charge < -0.3 is 34.9 Å².